The maximum atomic E-state index is 12.7. The smallest absolute Gasteiger partial charge is 0.307 e. The third-order valence-corrected chi connectivity index (χ3v) is 4.53. The Morgan fingerprint density at radius 1 is 0.952 bits per heavy atom. The minimum atomic E-state index is -0.798. The van der Waals surface area contributed by atoms with Gasteiger partial charge in [0.1, 0.15) is 0 Å². The fourth-order valence-corrected chi connectivity index (χ4v) is 3.22. The molecule has 1 rings (SSSR count). The van der Waals surface area contributed by atoms with Crippen LogP contribution < -0.4 is 0 Å². The highest BCUT2D eigenvalue weighted by atomic mass is 16.4. The van der Waals surface area contributed by atoms with Crippen molar-refractivity contribution >= 4 is 11.9 Å². The number of carboxylic acids is 1. The van der Waals surface area contributed by atoms with E-state index in [1.807, 2.05) is 4.90 Å². The molecule has 0 aromatic heterocycles. The van der Waals surface area contributed by atoms with Gasteiger partial charge in [-0.3, -0.25) is 9.59 Å². The van der Waals surface area contributed by atoms with Crippen LogP contribution in [0.1, 0.15) is 71.6 Å². The first-order valence-corrected chi connectivity index (χ1v) is 8.63. The summed E-state index contributed by atoms with van der Waals surface area (Å²) in [5.74, 6) is -1.46. The zero-order valence-corrected chi connectivity index (χ0v) is 13.6. The zero-order valence-electron chi connectivity index (χ0n) is 13.6. The Balaban J connectivity index is 2.61. The molecule has 0 aromatic rings. The van der Waals surface area contributed by atoms with E-state index in [1.54, 1.807) is 0 Å². The van der Waals surface area contributed by atoms with Crippen LogP contribution in [0.3, 0.4) is 0 Å². The molecule has 1 N–H and O–H groups in total. The molecule has 1 fully saturated rings. The molecular formula is C17H31NO3. The van der Waals surface area contributed by atoms with Gasteiger partial charge in [-0.25, -0.2) is 0 Å². The van der Waals surface area contributed by atoms with E-state index in [1.165, 1.54) is 0 Å². The summed E-state index contributed by atoms with van der Waals surface area (Å²) in [6.07, 6.45) is 8.85. The predicted octanol–water partition coefficient (Wildman–Crippen LogP) is 3.70. The van der Waals surface area contributed by atoms with E-state index in [-0.39, 0.29) is 11.8 Å². The summed E-state index contributed by atoms with van der Waals surface area (Å²) in [5.41, 5.74) is 0. The molecule has 0 aromatic carbocycles. The molecule has 4 heteroatoms. The molecule has 1 saturated carbocycles. The predicted molar refractivity (Wildman–Crippen MR) is 84.1 cm³/mol. The first-order chi connectivity index (χ1) is 10.1. The van der Waals surface area contributed by atoms with Crippen molar-refractivity contribution in [2.75, 3.05) is 13.1 Å². The van der Waals surface area contributed by atoms with Crippen molar-refractivity contribution in [3.8, 4) is 0 Å². The SMILES string of the molecule is CCCCCN(CCCCC)C(=O)[C@@H]1CCC[C@@H]1C(=O)O. The van der Waals surface area contributed by atoms with Crippen molar-refractivity contribution in [1.29, 1.82) is 0 Å². The summed E-state index contributed by atoms with van der Waals surface area (Å²) in [6.45, 7) is 5.89. The molecular weight excluding hydrogens is 266 g/mol. The second kappa shape index (κ2) is 9.80. The average Bonchev–Trinajstić information content (AvgIpc) is 2.95. The lowest BCUT2D eigenvalue weighted by Crippen LogP contribution is -2.40. The summed E-state index contributed by atoms with van der Waals surface area (Å²) in [4.78, 5) is 25.9. The average molecular weight is 297 g/mol. The molecule has 0 aliphatic heterocycles. The van der Waals surface area contributed by atoms with Crippen LogP contribution in [0, 0.1) is 11.8 Å². The normalized spacial score (nSPS) is 21.4. The van der Waals surface area contributed by atoms with Gasteiger partial charge < -0.3 is 10.0 Å². The Morgan fingerprint density at radius 2 is 1.48 bits per heavy atom. The van der Waals surface area contributed by atoms with Crippen LogP contribution >= 0.6 is 0 Å². The second-order valence-electron chi connectivity index (χ2n) is 6.22. The number of carboxylic acid groups (broad SMARTS) is 1. The van der Waals surface area contributed by atoms with E-state index in [0.717, 1.165) is 64.5 Å². The number of carbonyl (C=O) groups is 2. The van der Waals surface area contributed by atoms with E-state index in [4.69, 9.17) is 0 Å². The first-order valence-electron chi connectivity index (χ1n) is 8.63. The van der Waals surface area contributed by atoms with E-state index in [2.05, 4.69) is 13.8 Å². The second-order valence-corrected chi connectivity index (χ2v) is 6.22. The fraction of sp³-hybridized carbons (Fsp3) is 0.882. The van der Waals surface area contributed by atoms with E-state index in [9.17, 15) is 14.7 Å². The van der Waals surface area contributed by atoms with Gasteiger partial charge in [0.05, 0.1) is 11.8 Å². The molecule has 0 unspecified atom stereocenters. The molecule has 122 valence electrons. The van der Waals surface area contributed by atoms with Crippen molar-refractivity contribution in [3.63, 3.8) is 0 Å². The van der Waals surface area contributed by atoms with Gasteiger partial charge in [0.2, 0.25) is 5.91 Å². The molecule has 4 nitrogen and oxygen atoms in total. The Kier molecular flexibility index (Phi) is 8.40. The number of hydrogen-bond acceptors (Lipinski definition) is 2. The van der Waals surface area contributed by atoms with Crippen molar-refractivity contribution in [3.05, 3.63) is 0 Å². The van der Waals surface area contributed by atoms with Crippen LogP contribution in [0.5, 0.6) is 0 Å². The fourth-order valence-electron chi connectivity index (χ4n) is 3.22. The monoisotopic (exact) mass is 297 g/mol. The summed E-state index contributed by atoms with van der Waals surface area (Å²) >= 11 is 0. The lowest BCUT2D eigenvalue weighted by molar-refractivity contribution is -0.149. The minimum absolute atomic E-state index is 0.0899. The van der Waals surface area contributed by atoms with Gasteiger partial charge in [-0.05, 0) is 25.7 Å². The number of hydrogen-bond donors (Lipinski definition) is 1. The molecule has 0 saturated heterocycles. The molecule has 0 heterocycles. The molecule has 0 spiro atoms. The number of amides is 1. The number of nitrogens with zero attached hydrogens (tertiary/aromatic N) is 1. The van der Waals surface area contributed by atoms with E-state index in [0.29, 0.717) is 6.42 Å². The van der Waals surface area contributed by atoms with Gasteiger partial charge in [0.15, 0.2) is 0 Å². The summed E-state index contributed by atoms with van der Waals surface area (Å²) < 4.78 is 0. The standard InChI is InChI=1S/C17H31NO3/c1-3-5-7-12-18(13-8-6-4-2)16(19)14-10-9-11-15(14)17(20)21/h14-15H,3-13H2,1-2H3,(H,20,21)/t14-,15+/m1/s1. The summed E-state index contributed by atoms with van der Waals surface area (Å²) in [6, 6.07) is 0. The quantitative estimate of drug-likeness (QED) is 0.626. The Bertz CT molecular complexity index is 320. The first kappa shape index (κ1) is 18.0. The van der Waals surface area contributed by atoms with Crippen LogP contribution in [-0.4, -0.2) is 35.0 Å². The van der Waals surface area contributed by atoms with Crippen molar-refractivity contribution in [2.24, 2.45) is 11.8 Å². The third-order valence-electron chi connectivity index (χ3n) is 4.53. The lowest BCUT2D eigenvalue weighted by Gasteiger charge is -2.27. The van der Waals surface area contributed by atoms with Gasteiger partial charge in [0.25, 0.3) is 0 Å². The molecule has 0 bridgehead atoms. The van der Waals surface area contributed by atoms with Crippen molar-refractivity contribution < 1.29 is 14.7 Å². The molecule has 1 amide bonds. The van der Waals surface area contributed by atoms with Crippen LogP contribution in [0.2, 0.25) is 0 Å². The van der Waals surface area contributed by atoms with Crippen LogP contribution in [0.4, 0.5) is 0 Å². The summed E-state index contributed by atoms with van der Waals surface area (Å²) in [5, 5.41) is 9.27. The third kappa shape index (κ3) is 5.68. The Hall–Kier alpha value is -1.06. The zero-order chi connectivity index (χ0) is 15.7. The van der Waals surface area contributed by atoms with E-state index >= 15 is 0 Å². The Labute approximate surface area is 128 Å². The largest absolute Gasteiger partial charge is 0.481 e. The van der Waals surface area contributed by atoms with Gasteiger partial charge in [-0.15, -0.1) is 0 Å². The maximum Gasteiger partial charge on any atom is 0.307 e. The highest BCUT2D eigenvalue weighted by Crippen LogP contribution is 2.33. The van der Waals surface area contributed by atoms with Crippen molar-refractivity contribution in [1.82, 2.24) is 4.90 Å². The lowest BCUT2D eigenvalue weighted by atomic mass is 9.94. The highest BCUT2D eigenvalue weighted by molar-refractivity contribution is 5.85. The Morgan fingerprint density at radius 3 is 1.95 bits per heavy atom. The molecule has 2 atom stereocenters. The van der Waals surface area contributed by atoms with E-state index < -0.39 is 11.9 Å². The minimum Gasteiger partial charge on any atom is -0.481 e. The number of unbranched alkanes of at least 4 members (excludes halogenated alkanes) is 4. The van der Waals surface area contributed by atoms with Crippen LogP contribution in [0.25, 0.3) is 0 Å². The molecule has 1 aliphatic carbocycles. The van der Waals surface area contributed by atoms with Crippen molar-refractivity contribution in [2.45, 2.75) is 71.6 Å². The molecule has 1 aliphatic rings. The highest BCUT2D eigenvalue weighted by Gasteiger charge is 2.39. The topological polar surface area (TPSA) is 57.6 Å². The van der Waals surface area contributed by atoms with Gasteiger partial charge in [-0.2, -0.15) is 0 Å². The maximum absolute atomic E-state index is 12.7. The molecule has 0 radical (unpaired) electrons. The van der Waals surface area contributed by atoms with Gasteiger partial charge >= 0.3 is 5.97 Å². The number of rotatable bonds is 10. The number of carbonyl (C=O) groups excluding carboxylic acids is 1. The van der Waals surface area contributed by atoms with Crippen LogP contribution in [0.15, 0.2) is 0 Å². The van der Waals surface area contributed by atoms with Crippen LogP contribution in [-0.2, 0) is 9.59 Å². The van der Waals surface area contributed by atoms with Gasteiger partial charge in [0, 0.05) is 13.1 Å². The molecule has 21 heavy (non-hydrogen) atoms. The van der Waals surface area contributed by atoms with Gasteiger partial charge in [-0.1, -0.05) is 46.0 Å². The number of aliphatic carboxylic acids is 1. The summed E-state index contributed by atoms with van der Waals surface area (Å²) in [7, 11) is 0.